The van der Waals surface area contributed by atoms with Gasteiger partial charge in [-0.25, -0.2) is 4.98 Å². The van der Waals surface area contributed by atoms with Crippen LogP contribution in [0.25, 0.3) is 10.2 Å². The lowest BCUT2D eigenvalue weighted by atomic mass is 9.93. The number of aliphatic hydroxyl groups is 1. The molecular weight excluding hydrogens is 464 g/mol. The topological polar surface area (TPSA) is 92.9 Å². The van der Waals surface area contributed by atoms with E-state index in [0.29, 0.717) is 34.5 Å². The predicted octanol–water partition coefficient (Wildman–Crippen LogP) is 6.19. The molecule has 0 unspecified atom stereocenters. The molecule has 178 valence electrons. The van der Waals surface area contributed by atoms with E-state index in [9.17, 15) is 14.7 Å². The highest BCUT2D eigenvalue weighted by atomic mass is 32.1. The normalized spacial score (nSPS) is 16.1. The number of carbonyl (C=O) groups is 2. The molecule has 8 heteroatoms. The summed E-state index contributed by atoms with van der Waals surface area (Å²) in [6, 6.07) is 15.5. The fraction of sp³-hybridized carbons (Fsp3) is 0.222. The molecule has 0 aliphatic carbocycles. The van der Waals surface area contributed by atoms with Gasteiger partial charge in [-0.1, -0.05) is 49.4 Å². The van der Waals surface area contributed by atoms with Gasteiger partial charge in [0.2, 0.25) is 5.78 Å². The zero-order chi connectivity index (χ0) is 24.7. The lowest BCUT2D eigenvalue weighted by Gasteiger charge is -2.24. The van der Waals surface area contributed by atoms with Gasteiger partial charge >= 0.3 is 0 Å². The smallest absolute Gasteiger partial charge is 0.296 e. The number of thiazole rings is 1. The zero-order valence-corrected chi connectivity index (χ0v) is 20.3. The van der Waals surface area contributed by atoms with E-state index < -0.39 is 23.5 Å². The number of anilines is 1. The lowest BCUT2D eigenvalue weighted by molar-refractivity contribution is -0.117. The van der Waals surface area contributed by atoms with E-state index in [1.165, 1.54) is 28.6 Å². The second-order valence-corrected chi connectivity index (χ2v) is 9.54. The third kappa shape index (κ3) is 4.00. The Morgan fingerprint density at radius 1 is 1.20 bits per heavy atom. The summed E-state index contributed by atoms with van der Waals surface area (Å²) in [7, 11) is 0. The van der Waals surface area contributed by atoms with Crippen molar-refractivity contribution in [3.8, 4) is 5.75 Å². The van der Waals surface area contributed by atoms with E-state index in [1.54, 1.807) is 6.07 Å². The maximum Gasteiger partial charge on any atom is 0.296 e. The van der Waals surface area contributed by atoms with E-state index in [4.69, 9.17) is 9.15 Å². The number of amides is 1. The minimum Gasteiger partial charge on any atom is -0.503 e. The van der Waals surface area contributed by atoms with E-state index in [2.05, 4.69) is 18.8 Å². The number of benzene rings is 2. The van der Waals surface area contributed by atoms with Gasteiger partial charge in [-0.2, -0.15) is 0 Å². The Bertz CT molecular complexity index is 1430. The SMILES string of the molecule is CCOc1ccc2nc(N3C(=O)C(O)=C(C(=O)c4ccco4)[C@H]3c3ccc(C(C)C)cc3)sc2c1. The molecule has 35 heavy (non-hydrogen) atoms. The largest absolute Gasteiger partial charge is 0.503 e. The molecule has 0 spiro atoms. The average Bonchev–Trinajstić information content (AvgIpc) is 3.58. The van der Waals surface area contributed by atoms with Crippen molar-refractivity contribution >= 4 is 38.4 Å². The molecular formula is C27H24N2O5S. The highest BCUT2D eigenvalue weighted by molar-refractivity contribution is 7.22. The van der Waals surface area contributed by atoms with Gasteiger partial charge in [-0.15, -0.1) is 0 Å². The van der Waals surface area contributed by atoms with Crippen molar-refractivity contribution in [2.24, 2.45) is 0 Å². The van der Waals surface area contributed by atoms with Crippen molar-refractivity contribution in [1.29, 1.82) is 0 Å². The van der Waals surface area contributed by atoms with Gasteiger partial charge in [-0.3, -0.25) is 14.5 Å². The highest BCUT2D eigenvalue weighted by Crippen LogP contribution is 2.44. The number of furan rings is 1. The first kappa shape index (κ1) is 22.9. The minimum absolute atomic E-state index is 0.0310. The van der Waals surface area contributed by atoms with Crippen LogP contribution in [0.2, 0.25) is 0 Å². The highest BCUT2D eigenvalue weighted by Gasteiger charge is 2.46. The monoisotopic (exact) mass is 488 g/mol. The van der Waals surface area contributed by atoms with Crippen LogP contribution >= 0.6 is 11.3 Å². The van der Waals surface area contributed by atoms with Crippen LogP contribution in [0, 0.1) is 0 Å². The summed E-state index contributed by atoms with van der Waals surface area (Å²) in [6.45, 7) is 6.63. The van der Waals surface area contributed by atoms with Gasteiger partial charge in [0.25, 0.3) is 5.91 Å². The Morgan fingerprint density at radius 2 is 1.97 bits per heavy atom. The Kier molecular flexibility index (Phi) is 5.90. The molecule has 1 atom stereocenters. The molecule has 1 aliphatic heterocycles. The number of rotatable bonds is 7. The van der Waals surface area contributed by atoms with Gasteiger partial charge < -0.3 is 14.3 Å². The standard InChI is InChI=1S/C27H24N2O5S/c1-4-33-18-11-12-19-21(14-18)35-27(28-19)29-23(17-9-7-16(8-10-17)15(2)3)22(25(31)26(29)32)24(30)20-6-5-13-34-20/h5-15,23,31H,4H2,1-3H3/t23-/m1/s1. The predicted molar refractivity (Wildman–Crippen MR) is 134 cm³/mol. The third-order valence-electron chi connectivity index (χ3n) is 5.98. The Hall–Kier alpha value is -3.91. The molecule has 0 saturated heterocycles. The molecule has 0 fully saturated rings. The average molecular weight is 489 g/mol. The second kappa shape index (κ2) is 9.03. The molecule has 2 aromatic carbocycles. The summed E-state index contributed by atoms with van der Waals surface area (Å²) >= 11 is 1.30. The molecule has 7 nitrogen and oxygen atoms in total. The quantitative estimate of drug-likeness (QED) is 0.312. The summed E-state index contributed by atoms with van der Waals surface area (Å²) in [6.07, 6.45) is 1.38. The molecule has 5 rings (SSSR count). The van der Waals surface area contributed by atoms with Crippen molar-refractivity contribution in [3.05, 3.63) is 89.1 Å². The summed E-state index contributed by atoms with van der Waals surface area (Å²) < 4.78 is 11.7. The molecule has 0 saturated carbocycles. The minimum atomic E-state index is -0.853. The van der Waals surface area contributed by atoms with Crippen molar-refractivity contribution < 1.29 is 23.8 Å². The molecule has 4 aromatic rings. The van der Waals surface area contributed by atoms with Crippen molar-refractivity contribution in [2.45, 2.75) is 32.7 Å². The van der Waals surface area contributed by atoms with Crippen LogP contribution in [-0.4, -0.2) is 28.4 Å². The molecule has 0 bridgehead atoms. The zero-order valence-electron chi connectivity index (χ0n) is 19.5. The van der Waals surface area contributed by atoms with E-state index in [-0.39, 0.29) is 11.3 Å². The number of ether oxygens (including phenoxy) is 1. The van der Waals surface area contributed by atoms with Gasteiger partial charge in [-0.05, 0) is 54.3 Å². The van der Waals surface area contributed by atoms with Crippen LogP contribution in [0.15, 0.2) is 76.6 Å². The molecule has 3 heterocycles. The van der Waals surface area contributed by atoms with E-state index >= 15 is 0 Å². The first-order valence-corrected chi connectivity index (χ1v) is 12.2. The van der Waals surface area contributed by atoms with Crippen LogP contribution in [0.1, 0.15) is 54.4 Å². The van der Waals surface area contributed by atoms with Crippen molar-refractivity contribution in [1.82, 2.24) is 4.98 Å². The van der Waals surface area contributed by atoms with Gasteiger partial charge in [0, 0.05) is 0 Å². The lowest BCUT2D eigenvalue weighted by Crippen LogP contribution is -2.31. The van der Waals surface area contributed by atoms with E-state index in [0.717, 1.165) is 10.3 Å². The number of aromatic nitrogens is 1. The number of nitrogens with zero attached hydrogens (tertiary/aromatic N) is 2. The molecule has 2 aromatic heterocycles. The number of carbonyl (C=O) groups excluding carboxylic acids is 2. The van der Waals surface area contributed by atoms with Crippen molar-refractivity contribution in [2.75, 3.05) is 11.5 Å². The number of fused-ring (bicyclic) bond motifs is 1. The maximum atomic E-state index is 13.4. The third-order valence-corrected chi connectivity index (χ3v) is 7.00. The van der Waals surface area contributed by atoms with Crippen LogP contribution in [0.4, 0.5) is 5.13 Å². The number of hydrogen-bond acceptors (Lipinski definition) is 7. The second-order valence-electron chi connectivity index (χ2n) is 8.53. The molecule has 0 radical (unpaired) electrons. The van der Waals surface area contributed by atoms with Crippen LogP contribution in [0.3, 0.4) is 0 Å². The summed E-state index contributed by atoms with van der Waals surface area (Å²) in [5, 5.41) is 11.3. The Balaban J connectivity index is 1.64. The van der Waals surface area contributed by atoms with Gasteiger partial charge in [0.1, 0.15) is 5.75 Å². The number of hydrogen-bond donors (Lipinski definition) is 1. The number of ketones is 1. The van der Waals surface area contributed by atoms with Crippen LogP contribution < -0.4 is 9.64 Å². The molecule has 1 aliphatic rings. The maximum absolute atomic E-state index is 13.4. The fourth-order valence-corrected chi connectivity index (χ4v) is 5.23. The van der Waals surface area contributed by atoms with Crippen molar-refractivity contribution in [3.63, 3.8) is 0 Å². The summed E-state index contributed by atoms with van der Waals surface area (Å²) in [5.74, 6) is -0.738. The van der Waals surface area contributed by atoms with Gasteiger partial charge in [0.15, 0.2) is 16.7 Å². The van der Waals surface area contributed by atoms with Crippen LogP contribution in [0.5, 0.6) is 5.75 Å². The summed E-state index contributed by atoms with van der Waals surface area (Å²) in [4.78, 5) is 32.8. The molecule has 1 N–H and O–H groups in total. The Labute approximate surface area is 206 Å². The van der Waals surface area contributed by atoms with E-state index in [1.807, 2.05) is 49.4 Å². The fourth-order valence-electron chi connectivity index (χ4n) is 4.21. The first-order valence-electron chi connectivity index (χ1n) is 11.4. The summed E-state index contributed by atoms with van der Waals surface area (Å²) in [5.41, 5.74) is 2.48. The Morgan fingerprint density at radius 3 is 2.63 bits per heavy atom. The number of Topliss-reactive ketones (excluding diaryl/α,β-unsaturated/α-hetero) is 1. The van der Waals surface area contributed by atoms with Gasteiger partial charge in [0.05, 0.1) is 34.7 Å². The molecule has 1 amide bonds. The number of aliphatic hydroxyl groups excluding tert-OH is 1. The van der Waals surface area contributed by atoms with Crippen LogP contribution in [-0.2, 0) is 4.79 Å². The first-order chi connectivity index (χ1) is 16.9.